The molecule has 0 aromatic heterocycles. The van der Waals surface area contributed by atoms with E-state index in [2.05, 4.69) is 6.92 Å². The van der Waals surface area contributed by atoms with Crippen molar-refractivity contribution in [2.45, 2.75) is 59.6 Å². The van der Waals surface area contributed by atoms with Crippen molar-refractivity contribution in [3.8, 4) is 5.75 Å². The highest BCUT2D eigenvalue weighted by atomic mass is 16.5. The number of ketones is 1. The lowest BCUT2D eigenvalue weighted by molar-refractivity contribution is -0.139. The summed E-state index contributed by atoms with van der Waals surface area (Å²) in [4.78, 5) is 27.3. The summed E-state index contributed by atoms with van der Waals surface area (Å²) in [5.41, 5.74) is 3.48. The molecule has 0 saturated carbocycles. The number of hydrogen-bond donors (Lipinski definition) is 1. The van der Waals surface area contributed by atoms with Gasteiger partial charge in [0.2, 0.25) is 0 Å². The second-order valence-electron chi connectivity index (χ2n) is 8.23. The SMILES string of the molecule is CCCN1C(=O)C(=O)/C(=C(\O)c2ccc(OC(C)C)c(C)c2)C1c1ccc(CC)cc1. The minimum absolute atomic E-state index is 0.0311. The molecule has 2 aromatic rings. The maximum absolute atomic E-state index is 13.0. The molecule has 5 nitrogen and oxygen atoms in total. The normalized spacial score (nSPS) is 18.1. The molecule has 1 fully saturated rings. The number of ether oxygens (including phenoxy) is 1. The summed E-state index contributed by atoms with van der Waals surface area (Å²) in [7, 11) is 0. The van der Waals surface area contributed by atoms with Crippen LogP contribution >= 0.6 is 0 Å². The zero-order chi connectivity index (χ0) is 22.7. The summed E-state index contributed by atoms with van der Waals surface area (Å²) in [6.07, 6.45) is 1.65. The van der Waals surface area contributed by atoms with Crippen LogP contribution in [0.25, 0.3) is 5.76 Å². The van der Waals surface area contributed by atoms with E-state index < -0.39 is 17.7 Å². The lowest BCUT2D eigenvalue weighted by Crippen LogP contribution is -2.30. The first-order valence-electron chi connectivity index (χ1n) is 10.9. The van der Waals surface area contributed by atoms with Gasteiger partial charge in [0, 0.05) is 12.1 Å². The molecule has 164 valence electrons. The average molecular weight is 422 g/mol. The number of benzene rings is 2. The minimum atomic E-state index is -0.643. The van der Waals surface area contributed by atoms with Crippen molar-refractivity contribution in [2.75, 3.05) is 6.54 Å². The van der Waals surface area contributed by atoms with Crippen LogP contribution < -0.4 is 4.74 Å². The molecule has 1 aliphatic rings. The third kappa shape index (κ3) is 4.50. The van der Waals surface area contributed by atoms with Crippen LogP contribution in [0.1, 0.15) is 62.4 Å². The molecule has 0 bridgehead atoms. The van der Waals surface area contributed by atoms with E-state index >= 15 is 0 Å². The van der Waals surface area contributed by atoms with Crippen LogP contribution in [0.4, 0.5) is 0 Å². The maximum Gasteiger partial charge on any atom is 0.295 e. The van der Waals surface area contributed by atoms with E-state index in [9.17, 15) is 14.7 Å². The first-order chi connectivity index (χ1) is 14.8. The van der Waals surface area contributed by atoms with Gasteiger partial charge in [-0.1, -0.05) is 38.1 Å². The zero-order valence-electron chi connectivity index (χ0n) is 18.9. The standard InChI is InChI=1S/C26H31NO4/c1-6-14-27-23(19-10-8-18(7-2)9-11-19)22(25(29)26(27)30)24(28)20-12-13-21(17(5)15-20)31-16(3)4/h8-13,15-16,23,28H,6-7,14H2,1-5H3/b24-22-. The number of rotatable bonds is 7. The third-order valence-electron chi connectivity index (χ3n) is 5.52. The summed E-state index contributed by atoms with van der Waals surface area (Å²) in [5.74, 6) is -0.634. The number of carbonyl (C=O) groups is 2. The van der Waals surface area contributed by atoms with E-state index in [-0.39, 0.29) is 17.4 Å². The zero-order valence-corrected chi connectivity index (χ0v) is 18.9. The quantitative estimate of drug-likeness (QED) is 0.380. The van der Waals surface area contributed by atoms with Crippen molar-refractivity contribution in [2.24, 2.45) is 0 Å². The topological polar surface area (TPSA) is 66.8 Å². The Labute approximate surface area is 184 Å². The molecular weight excluding hydrogens is 390 g/mol. The van der Waals surface area contributed by atoms with Crippen molar-refractivity contribution < 1.29 is 19.4 Å². The van der Waals surface area contributed by atoms with Crippen LogP contribution in [0.2, 0.25) is 0 Å². The van der Waals surface area contributed by atoms with Crippen molar-refractivity contribution >= 4 is 17.4 Å². The van der Waals surface area contributed by atoms with Gasteiger partial charge in [-0.2, -0.15) is 0 Å². The Morgan fingerprint density at radius 2 is 1.77 bits per heavy atom. The van der Waals surface area contributed by atoms with Crippen molar-refractivity contribution in [3.63, 3.8) is 0 Å². The molecule has 1 N–H and O–H groups in total. The van der Waals surface area contributed by atoms with Crippen LogP contribution in [0.5, 0.6) is 5.75 Å². The first-order valence-corrected chi connectivity index (χ1v) is 10.9. The molecular formula is C26H31NO4. The van der Waals surface area contributed by atoms with Gasteiger partial charge in [-0.3, -0.25) is 9.59 Å². The summed E-state index contributed by atoms with van der Waals surface area (Å²) in [6.45, 7) is 10.3. The molecule has 1 aliphatic heterocycles. The molecule has 5 heteroatoms. The summed E-state index contributed by atoms with van der Waals surface area (Å²) in [5, 5.41) is 11.2. The fraction of sp³-hybridized carbons (Fsp3) is 0.385. The molecule has 1 heterocycles. The van der Waals surface area contributed by atoms with E-state index in [1.165, 1.54) is 5.56 Å². The second kappa shape index (κ2) is 9.38. The maximum atomic E-state index is 13.0. The number of amides is 1. The molecule has 31 heavy (non-hydrogen) atoms. The van der Waals surface area contributed by atoms with E-state index in [0.29, 0.717) is 12.1 Å². The number of aryl methyl sites for hydroxylation is 2. The van der Waals surface area contributed by atoms with Gasteiger partial charge in [0.05, 0.1) is 17.7 Å². The van der Waals surface area contributed by atoms with Gasteiger partial charge in [0.1, 0.15) is 11.5 Å². The Morgan fingerprint density at radius 1 is 1.10 bits per heavy atom. The summed E-state index contributed by atoms with van der Waals surface area (Å²) >= 11 is 0. The molecule has 1 unspecified atom stereocenters. The van der Waals surface area contributed by atoms with Gasteiger partial charge in [-0.15, -0.1) is 0 Å². The average Bonchev–Trinajstić information content (AvgIpc) is 2.99. The van der Waals surface area contributed by atoms with Crippen LogP contribution in [0.15, 0.2) is 48.0 Å². The number of hydrogen-bond acceptors (Lipinski definition) is 4. The highest BCUT2D eigenvalue weighted by molar-refractivity contribution is 6.46. The van der Waals surface area contributed by atoms with E-state index in [0.717, 1.165) is 29.7 Å². The highest BCUT2D eigenvalue weighted by Gasteiger charge is 2.45. The minimum Gasteiger partial charge on any atom is -0.507 e. The highest BCUT2D eigenvalue weighted by Crippen LogP contribution is 2.40. The first kappa shape index (κ1) is 22.6. The number of nitrogens with zero attached hydrogens (tertiary/aromatic N) is 1. The number of aliphatic hydroxyl groups is 1. The largest absolute Gasteiger partial charge is 0.507 e. The molecule has 0 spiro atoms. The van der Waals surface area contributed by atoms with Crippen LogP contribution in [-0.2, 0) is 16.0 Å². The number of carbonyl (C=O) groups excluding carboxylic acids is 2. The molecule has 0 radical (unpaired) electrons. The molecule has 2 aromatic carbocycles. The number of Topliss-reactive ketones (excluding diaryl/α,β-unsaturated/α-hetero) is 1. The third-order valence-corrected chi connectivity index (χ3v) is 5.52. The Hall–Kier alpha value is -3.08. The monoisotopic (exact) mass is 421 g/mol. The van der Waals surface area contributed by atoms with Gasteiger partial charge in [-0.25, -0.2) is 0 Å². The van der Waals surface area contributed by atoms with Crippen molar-refractivity contribution in [1.29, 1.82) is 0 Å². The van der Waals surface area contributed by atoms with Crippen LogP contribution in [0.3, 0.4) is 0 Å². The molecule has 1 amide bonds. The van der Waals surface area contributed by atoms with Gasteiger partial charge >= 0.3 is 0 Å². The Bertz CT molecular complexity index is 1000. The molecule has 0 aliphatic carbocycles. The fourth-order valence-electron chi connectivity index (χ4n) is 3.97. The van der Waals surface area contributed by atoms with E-state index in [1.807, 2.05) is 52.0 Å². The second-order valence-corrected chi connectivity index (χ2v) is 8.23. The smallest absolute Gasteiger partial charge is 0.295 e. The predicted octanol–water partition coefficient (Wildman–Crippen LogP) is 5.18. The van der Waals surface area contributed by atoms with Gasteiger partial charge in [-0.05, 0) is 68.5 Å². The van der Waals surface area contributed by atoms with Crippen molar-refractivity contribution in [3.05, 3.63) is 70.3 Å². The Balaban J connectivity index is 2.11. The Kier molecular flexibility index (Phi) is 6.84. The van der Waals surface area contributed by atoms with Gasteiger partial charge in [0.15, 0.2) is 0 Å². The number of likely N-dealkylation sites (tertiary alicyclic amines) is 1. The van der Waals surface area contributed by atoms with Crippen LogP contribution in [0, 0.1) is 6.92 Å². The predicted molar refractivity (Wildman–Crippen MR) is 122 cm³/mol. The Morgan fingerprint density at radius 3 is 2.32 bits per heavy atom. The molecule has 1 atom stereocenters. The lowest BCUT2D eigenvalue weighted by atomic mass is 9.94. The molecule has 3 rings (SSSR count). The molecule has 1 saturated heterocycles. The van der Waals surface area contributed by atoms with E-state index in [4.69, 9.17) is 4.74 Å². The fourth-order valence-corrected chi connectivity index (χ4v) is 3.97. The number of aliphatic hydroxyl groups excluding tert-OH is 1. The van der Waals surface area contributed by atoms with E-state index in [1.54, 1.807) is 23.1 Å². The summed E-state index contributed by atoms with van der Waals surface area (Å²) in [6, 6.07) is 12.6. The van der Waals surface area contributed by atoms with Gasteiger partial charge < -0.3 is 14.7 Å². The lowest BCUT2D eigenvalue weighted by Gasteiger charge is -2.25. The van der Waals surface area contributed by atoms with Gasteiger partial charge in [0.25, 0.3) is 11.7 Å². The summed E-state index contributed by atoms with van der Waals surface area (Å²) < 4.78 is 5.78. The van der Waals surface area contributed by atoms with Crippen LogP contribution in [-0.4, -0.2) is 34.3 Å². The van der Waals surface area contributed by atoms with Crippen molar-refractivity contribution in [1.82, 2.24) is 4.90 Å².